The molecule has 0 fully saturated rings. The van der Waals surface area contributed by atoms with Crippen LogP contribution in [-0.4, -0.2) is 17.4 Å². The lowest BCUT2D eigenvalue weighted by molar-refractivity contribution is 0.0649. The first-order valence-corrected chi connectivity index (χ1v) is 8.35. The maximum Gasteiger partial charge on any atom is 0.256 e. The van der Waals surface area contributed by atoms with Gasteiger partial charge in [-0.05, 0) is 22.9 Å². The summed E-state index contributed by atoms with van der Waals surface area (Å²) in [5.74, 6) is 0.606. The van der Waals surface area contributed by atoms with E-state index in [0.29, 0.717) is 41.5 Å². The lowest BCUT2D eigenvalue weighted by Gasteiger charge is -2.33. The molecule has 0 saturated carbocycles. The van der Waals surface area contributed by atoms with Crippen LogP contribution in [0.25, 0.3) is 5.70 Å². The zero-order valence-corrected chi connectivity index (χ0v) is 14.1. The van der Waals surface area contributed by atoms with Gasteiger partial charge < -0.3 is 9.64 Å². The molecule has 6 heteroatoms. The van der Waals surface area contributed by atoms with Gasteiger partial charge in [0.15, 0.2) is 0 Å². The van der Waals surface area contributed by atoms with Crippen molar-refractivity contribution in [1.82, 2.24) is 4.90 Å². The molecule has 0 saturated heterocycles. The molecule has 126 valence electrons. The van der Waals surface area contributed by atoms with Gasteiger partial charge in [0, 0.05) is 24.1 Å². The molecule has 0 aromatic heterocycles. The number of halogens is 1. The smallest absolute Gasteiger partial charge is 0.256 e. The number of fused-ring (bicyclic) bond motifs is 2. The van der Waals surface area contributed by atoms with E-state index in [0.717, 1.165) is 11.1 Å². The molecule has 0 aliphatic carbocycles. The Bertz CT molecular complexity index is 910. The largest absolute Gasteiger partial charge is 0.493 e. The molecule has 0 N–H and O–H groups in total. The first-order chi connectivity index (χ1) is 12.1. The van der Waals surface area contributed by atoms with Gasteiger partial charge in [0.05, 0.1) is 23.2 Å². The van der Waals surface area contributed by atoms with Crippen molar-refractivity contribution in [2.24, 2.45) is 5.18 Å². The van der Waals surface area contributed by atoms with Gasteiger partial charge in [-0.2, -0.15) is 0 Å². The minimum Gasteiger partial charge on any atom is -0.493 e. The fourth-order valence-corrected chi connectivity index (χ4v) is 3.79. The molecule has 1 atom stereocenters. The van der Waals surface area contributed by atoms with Crippen molar-refractivity contribution in [3.8, 4) is 5.75 Å². The number of nitrogens with zero attached hydrogens (tertiary/aromatic N) is 2. The molecule has 1 unspecified atom stereocenters. The maximum absolute atomic E-state index is 12.9. The molecule has 4 rings (SSSR count). The number of hydrogen-bond donors (Lipinski definition) is 0. The Labute approximate surface area is 149 Å². The highest BCUT2D eigenvalue weighted by atomic mass is 35.5. The van der Waals surface area contributed by atoms with Crippen LogP contribution >= 0.6 is 11.6 Å². The predicted octanol–water partition coefficient (Wildman–Crippen LogP) is 4.56. The lowest BCUT2D eigenvalue weighted by atomic mass is 9.97. The van der Waals surface area contributed by atoms with Gasteiger partial charge in [-0.15, -0.1) is 4.91 Å². The van der Waals surface area contributed by atoms with Crippen molar-refractivity contribution in [3.63, 3.8) is 0 Å². The number of hydrogen-bond acceptors (Lipinski definition) is 4. The van der Waals surface area contributed by atoms with Crippen LogP contribution in [0.2, 0.25) is 5.02 Å². The molecular weight excluding hydrogens is 340 g/mol. The van der Waals surface area contributed by atoms with Crippen molar-refractivity contribution in [2.45, 2.75) is 19.0 Å². The van der Waals surface area contributed by atoms with Crippen molar-refractivity contribution < 1.29 is 9.53 Å². The van der Waals surface area contributed by atoms with Crippen LogP contribution in [0.4, 0.5) is 0 Å². The van der Waals surface area contributed by atoms with Crippen LogP contribution in [0, 0.1) is 4.91 Å². The third-order valence-corrected chi connectivity index (χ3v) is 5.07. The Morgan fingerprint density at radius 2 is 2.16 bits per heavy atom. The van der Waals surface area contributed by atoms with E-state index < -0.39 is 0 Å². The highest BCUT2D eigenvalue weighted by molar-refractivity contribution is 6.34. The molecule has 2 aliphatic heterocycles. The molecule has 2 aromatic rings. The Kier molecular flexibility index (Phi) is 3.81. The molecule has 0 radical (unpaired) electrons. The zero-order chi connectivity index (χ0) is 17.6. The van der Waals surface area contributed by atoms with Crippen LogP contribution in [0.3, 0.4) is 0 Å². The van der Waals surface area contributed by atoms with Gasteiger partial charge in [-0.1, -0.05) is 42.4 Å². The fraction of sp³-hybridized carbons (Fsp3) is 0.211. The molecule has 2 aliphatic rings. The second kappa shape index (κ2) is 6.01. The summed E-state index contributed by atoms with van der Waals surface area (Å²) in [6.07, 6.45) is 0.705. The van der Waals surface area contributed by atoms with Crippen molar-refractivity contribution in [1.29, 1.82) is 0 Å². The SMILES string of the molecule is C=C(N=O)c1ccc2c(c1)OCCC2N1Cc2cccc(Cl)c2C1=O. The van der Waals surface area contributed by atoms with Crippen LogP contribution in [0.5, 0.6) is 5.75 Å². The molecule has 2 aromatic carbocycles. The molecular formula is C19H15ClN2O3. The van der Waals surface area contributed by atoms with E-state index >= 15 is 0 Å². The van der Waals surface area contributed by atoms with Gasteiger partial charge in [0.2, 0.25) is 0 Å². The maximum atomic E-state index is 12.9. The summed E-state index contributed by atoms with van der Waals surface area (Å²) in [6, 6.07) is 10.9. The van der Waals surface area contributed by atoms with Crippen LogP contribution in [0.1, 0.15) is 39.5 Å². The summed E-state index contributed by atoms with van der Waals surface area (Å²) >= 11 is 6.22. The third kappa shape index (κ3) is 2.51. The van der Waals surface area contributed by atoms with Crippen LogP contribution < -0.4 is 4.74 Å². The number of carbonyl (C=O) groups is 1. The summed E-state index contributed by atoms with van der Waals surface area (Å²) in [7, 11) is 0. The molecule has 0 spiro atoms. The third-order valence-electron chi connectivity index (χ3n) is 4.76. The molecule has 2 heterocycles. The number of rotatable bonds is 3. The molecule has 5 nitrogen and oxygen atoms in total. The number of amides is 1. The Balaban J connectivity index is 1.71. The van der Waals surface area contributed by atoms with E-state index in [1.165, 1.54) is 0 Å². The van der Waals surface area contributed by atoms with Crippen molar-refractivity contribution >= 4 is 23.2 Å². The zero-order valence-electron chi connectivity index (χ0n) is 13.4. The molecule has 1 amide bonds. The first kappa shape index (κ1) is 15.8. The van der Waals surface area contributed by atoms with E-state index in [4.69, 9.17) is 16.3 Å². The number of nitroso groups, excluding NO2 is 1. The summed E-state index contributed by atoms with van der Waals surface area (Å²) in [4.78, 5) is 25.4. The van der Waals surface area contributed by atoms with Gasteiger partial charge in [-0.3, -0.25) is 4.79 Å². The summed E-state index contributed by atoms with van der Waals surface area (Å²) in [6.45, 7) is 4.65. The van der Waals surface area contributed by atoms with Gasteiger partial charge in [0.25, 0.3) is 5.91 Å². The highest BCUT2D eigenvalue weighted by Crippen LogP contribution is 2.42. The summed E-state index contributed by atoms with van der Waals surface area (Å²) in [5.41, 5.74) is 3.23. The lowest BCUT2D eigenvalue weighted by Crippen LogP contribution is -2.32. The average Bonchev–Trinajstić information content (AvgIpc) is 2.98. The van der Waals surface area contributed by atoms with Gasteiger partial charge >= 0.3 is 0 Å². The second-order valence-corrected chi connectivity index (χ2v) is 6.56. The van der Waals surface area contributed by atoms with E-state index in [1.54, 1.807) is 18.2 Å². The first-order valence-electron chi connectivity index (χ1n) is 7.98. The van der Waals surface area contributed by atoms with E-state index in [1.807, 2.05) is 23.1 Å². The normalized spacial score (nSPS) is 18.4. The second-order valence-electron chi connectivity index (χ2n) is 6.15. The topological polar surface area (TPSA) is 59.0 Å². The van der Waals surface area contributed by atoms with Crippen LogP contribution in [0.15, 0.2) is 48.2 Å². The predicted molar refractivity (Wildman–Crippen MR) is 95.4 cm³/mol. The van der Waals surface area contributed by atoms with Gasteiger partial charge in [-0.25, -0.2) is 0 Å². The minimum atomic E-state index is -0.0915. The highest BCUT2D eigenvalue weighted by Gasteiger charge is 2.37. The average molecular weight is 355 g/mol. The number of ether oxygens (including phenoxy) is 1. The molecule has 0 bridgehead atoms. The minimum absolute atomic E-state index is 0.0542. The van der Waals surface area contributed by atoms with Crippen molar-refractivity contribution in [2.75, 3.05) is 6.61 Å². The van der Waals surface area contributed by atoms with Gasteiger partial charge in [0.1, 0.15) is 11.4 Å². The Hall–Kier alpha value is -2.66. The Morgan fingerprint density at radius 3 is 2.92 bits per heavy atom. The molecule has 25 heavy (non-hydrogen) atoms. The number of carbonyl (C=O) groups excluding carboxylic acids is 1. The van der Waals surface area contributed by atoms with Crippen molar-refractivity contribution in [3.05, 3.63) is 75.2 Å². The fourth-order valence-electron chi connectivity index (χ4n) is 3.52. The monoisotopic (exact) mass is 354 g/mol. The summed E-state index contributed by atoms with van der Waals surface area (Å²) in [5, 5.41) is 3.36. The standard InChI is InChI=1S/C19H15ClN2O3/c1-11(21-24)12-5-6-14-16(7-8-25-17(14)9-12)22-10-13-3-2-4-15(20)18(13)19(22)23/h2-6,9,16H,1,7-8,10H2. The number of benzene rings is 2. The van der Waals surface area contributed by atoms with E-state index in [2.05, 4.69) is 11.8 Å². The van der Waals surface area contributed by atoms with Crippen LogP contribution in [-0.2, 0) is 6.54 Å². The van der Waals surface area contributed by atoms with E-state index in [9.17, 15) is 9.70 Å². The quantitative estimate of drug-likeness (QED) is 0.759. The summed E-state index contributed by atoms with van der Waals surface area (Å²) < 4.78 is 5.74. The van der Waals surface area contributed by atoms with E-state index in [-0.39, 0.29) is 17.6 Å². The Morgan fingerprint density at radius 1 is 1.32 bits per heavy atom.